The van der Waals surface area contributed by atoms with Gasteiger partial charge in [0.05, 0.1) is 6.61 Å². The third kappa shape index (κ3) is 7.74. The Balaban J connectivity index is 4.01. The minimum Gasteiger partial charge on any atom is -0.383 e. The minimum absolute atomic E-state index is 0.502. The van der Waals surface area contributed by atoms with E-state index in [1.165, 1.54) is 12.8 Å². The van der Waals surface area contributed by atoms with Gasteiger partial charge in [0.25, 0.3) is 0 Å². The van der Waals surface area contributed by atoms with Gasteiger partial charge in [0.15, 0.2) is 0 Å². The van der Waals surface area contributed by atoms with E-state index in [1.807, 2.05) is 0 Å². The standard InChI is InChI=1S/C14H32N2O/c1-6-16(13(4)11-17-5)8-7-14(10-15)9-12(2)3/h12-14H,6-11,15H2,1-5H3. The van der Waals surface area contributed by atoms with Crippen molar-refractivity contribution in [2.24, 2.45) is 17.6 Å². The summed E-state index contributed by atoms with van der Waals surface area (Å²) in [6, 6.07) is 0.502. The molecule has 0 aromatic heterocycles. The maximum Gasteiger partial charge on any atom is 0.0615 e. The summed E-state index contributed by atoms with van der Waals surface area (Å²) in [7, 11) is 1.77. The zero-order valence-electron chi connectivity index (χ0n) is 12.4. The van der Waals surface area contributed by atoms with Crippen LogP contribution in [0.15, 0.2) is 0 Å². The SMILES string of the molecule is CCN(CCC(CN)CC(C)C)C(C)COC. The van der Waals surface area contributed by atoms with Crippen LogP contribution in [0.2, 0.25) is 0 Å². The van der Waals surface area contributed by atoms with Crippen LogP contribution in [0.4, 0.5) is 0 Å². The first kappa shape index (κ1) is 16.9. The van der Waals surface area contributed by atoms with Gasteiger partial charge in [-0.3, -0.25) is 4.90 Å². The normalized spacial score (nSPS) is 15.5. The fourth-order valence-electron chi connectivity index (χ4n) is 2.38. The molecule has 2 unspecified atom stereocenters. The number of methoxy groups -OCH3 is 1. The van der Waals surface area contributed by atoms with Crippen LogP contribution in [0, 0.1) is 11.8 Å². The molecule has 0 radical (unpaired) electrons. The van der Waals surface area contributed by atoms with E-state index in [0.29, 0.717) is 12.0 Å². The Hall–Kier alpha value is -0.120. The zero-order chi connectivity index (χ0) is 13.3. The fraction of sp³-hybridized carbons (Fsp3) is 1.00. The monoisotopic (exact) mass is 244 g/mol. The number of nitrogens with two attached hydrogens (primary N) is 1. The van der Waals surface area contributed by atoms with Crippen LogP contribution >= 0.6 is 0 Å². The quantitative estimate of drug-likeness (QED) is 0.641. The molecule has 0 bridgehead atoms. The second kappa shape index (κ2) is 9.86. The van der Waals surface area contributed by atoms with E-state index >= 15 is 0 Å². The van der Waals surface area contributed by atoms with Gasteiger partial charge < -0.3 is 10.5 Å². The Bertz CT molecular complexity index is 174. The highest BCUT2D eigenvalue weighted by Gasteiger charge is 2.15. The molecule has 0 aromatic carbocycles. The molecule has 2 atom stereocenters. The molecule has 0 saturated carbocycles. The van der Waals surface area contributed by atoms with Gasteiger partial charge in [-0.05, 0) is 51.2 Å². The summed E-state index contributed by atoms with van der Waals surface area (Å²) in [5.74, 6) is 1.41. The van der Waals surface area contributed by atoms with Crippen molar-refractivity contribution < 1.29 is 4.74 Å². The average molecular weight is 244 g/mol. The van der Waals surface area contributed by atoms with Gasteiger partial charge in [-0.2, -0.15) is 0 Å². The molecular formula is C14H32N2O. The summed E-state index contributed by atoms with van der Waals surface area (Å²) in [6.07, 6.45) is 2.45. The molecule has 0 rings (SSSR count). The lowest BCUT2D eigenvalue weighted by Crippen LogP contribution is -2.38. The summed E-state index contributed by atoms with van der Waals surface area (Å²) in [5.41, 5.74) is 5.84. The zero-order valence-corrected chi connectivity index (χ0v) is 12.4. The van der Waals surface area contributed by atoms with E-state index in [0.717, 1.165) is 32.2 Å². The highest BCUT2D eigenvalue weighted by Crippen LogP contribution is 2.15. The van der Waals surface area contributed by atoms with E-state index in [-0.39, 0.29) is 0 Å². The van der Waals surface area contributed by atoms with Crippen LogP contribution in [-0.4, -0.2) is 44.3 Å². The van der Waals surface area contributed by atoms with Crippen molar-refractivity contribution in [1.82, 2.24) is 4.90 Å². The lowest BCUT2D eigenvalue weighted by atomic mass is 9.94. The van der Waals surface area contributed by atoms with Gasteiger partial charge in [0.2, 0.25) is 0 Å². The van der Waals surface area contributed by atoms with Crippen LogP contribution < -0.4 is 5.73 Å². The Labute approximate surface area is 108 Å². The van der Waals surface area contributed by atoms with Crippen molar-refractivity contribution in [1.29, 1.82) is 0 Å². The third-order valence-electron chi connectivity index (χ3n) is 3.40. The second-order valence-corrected chi connectivity index (χ2v) is 5.45. The molecule has 2 N–H and O–H groups in total. The van der Waals surface area contributed by atoms with Crippen LogP contribution in [0.5, 0.6) is 0 Å². The molecule has 104 valence electrons. The van der Waals surface area contributed by atoms with E-state index in [2.05, 4.69) is 32.6 Å². The molecule has 0 fully saturated rings. The Kier molecular flexibility index (Phi) is 9.79. The van der Waals surface area contributed by atoms with Crippen molar-refractivity contribution in [3.63, 3.8) is 0 Å². The molecule has 3 nitrogen and oxygen atoms in total. The van der Waals surface area contributed by atoms with Crippen molar-refractivity contribution in [2.75, 3.05) is 33.4 Å². The Morgan fingerprint density at radius 1 is 1.24 bits per heavy atom. The smallest absolute Gasteiger partial charge is 0.0615 e. The van der Waals surface area contributed by atoms with Gasteiger partial charge >= 0.3 is 0 Å². The Morgan fingerprint density at radius 3 is 2.29 bits per heavy atom. The van der Waals surface area contributed by atoms with E-state index in [1.54, 1.807) is 7.11 Å². The first-order chi connectivity index (χ1) is 8.04. The summed E-state index contributed by atoms with van der Waals surface area (Å²) in [6.45, 7) is 12.8. The molecule has 0 spiro atoms. The summed E-state index contributed by atoms with van der Waals surface area (Å²) >= 11 is 0. The maximum atomic E-state index is 5.84. The predicted molar refractivity (Wildman–Crippen MR) is 75.2 cm³/mol. The van der Waals surface area contributed by atoms with Gasteiger partial charge in [0, 0.05) is 13.2 Å². The van der Waals surface area contributed by atoms with Gasteiger partial charge in [-0.1, -0.05) is 20.8 Å². The largest absolute Gasteiger partial charge is 0.383 e. The van der Waals surface area contributed by atoms with E-state index < -0.39 is 0 Å². The molecule has 0 aromatic rings. The van der Waals surface area contributed by atoms with Crippen LogP contribution in [0.3, 0.4) is 0 Å². The van der Waals surface area contributed by atoms with Crippen molar-refractivity contribution in [3.05, 3.63) is 0 Å². The summed E-state index contributed by atoms with van der Waals surface area (Å²) in [5, 5.41) is 0. The van der Waals surface area contributed by atoms with Gasteiger partial charge in [-0.15, -0.1) is 0 Å². The number of likely N-dealkylation sites (N-methyl/N-ethyl adjacent to an activating group) is 1. The van der Waals surface area contributed by atoms with Crippen molar-refractivity contribution in [2.45, 2.75) is 46.6 Å². The molecular weight excluding hydrogens is 212 g/mol. The topological polar surface area (TPSA) is 38.5 Å². The number of ether oxygens (including phenoxy) is 1. The second-order valence-electron chi connectivity index (χ2n) is 5.45. The maximum absolute atomic E-state index is 5.84. The van der Waals surface area contributed by atoms with Gasteiger partial charge in [0.1, 0.15) is 0 Å². The molecule has 0 saturated heterocycles. The van der Waals surface area contributed by atoms with E-state index in [9.17, 15) is 0 Å². The molecule has 0 heterocycles. The molecule has 3 heteroatoms. The van der Waals surface area contributed by atoms with Crippen LogP contribution in [0.25, 0.3) is 0 Å². The molecule has 17 heavy (non-hydrogen) atoms. The van der Waals surface area contributed by atoms with Crippen molar-refractivity contribution >= 4 is 0 Å². The fourth-order valence-corrected chi connectivity index (χ4v) is 2.38. The molecule has 0 aliphatic rings. The molecule has 0 amide bonds. The Morgan fingerprint density at radius 2 is 1.88 bits per heavy atom. The van der Waals surface area contributed by atoms with E-state index in [4.69, 9.17) is 10.5 Å². The minimum atomic E-state index is 0.502. The highest BCUT2D eigenvalue weighted by atomic mass is 16.5. The van der Waals surface area contributed by atoms with Crippen LogP contribution in [0.1, 0.15) is 40.5 Å². The summed E-state index contributed by atoms with van der Waals surface area (Å²) < 4.78 is 5.22. The van der Waals surface area contributed by atoms with Crippen molar-refractivity contribution in [3.8, 4) is 0 Å². The number of rotatable bonds is 10. The lowest BCUT2D eigenvalue weighted by molar-refractivity contribution is 0.0978. The third-order valence-corrected chi connectivity index (χ3v) is 3.40. The molecule has 0 aliphatic carbocycles. The average Bonchev–Trinajstić information content (AvgIpc) is 2.28. The first-order valence-electron chi connectivity index (χ1n) is 6.98. The highest BCUT2D eigenvalue weighted by molar-refractivity contribution is 4.69. The van der Waals surface area contributed by atoms with Gasteiger partial charge in [-0.25, -0.2) is 0 Å². The first-order valence-corrected chi connectivity index (χ1v) is 6.98. The van der Waals surface area contributed by atoms with Crippen LogP contribution in [-0.2, 0) is 4.74 Å². The number of hydrogen-bond donors (Lipinski definition) is 1. The number of nitrogens with zero attached hydrogens (tertiary/aromatic N) is 1. The number of hydrogen-bond acceptors (Lipinski definition) is 3. The lowest BCUT2D eigenvalue weighted by Gasteiger charge is -2.29. The molecule has 0 aliphatic heterocycles. The predicted octanol–water partition coefficient (Wildman–Crippen LogP) is 2.35. The summed E-state index contributed by atoms with van der Waals surface area (Å²) in [4.78, 5) is 2.48.